The zero-order valence-electron chi connectivity index (χ0n) is 12.0. The summed E-state index contributed by atoms with van der Waals surface area (Å²) >= 11 is 0. The van der Waals surface area contributed by atoms with Crippen LogP contribution in [0.1, 0.15) is 53.4 Å². The molecular weight excluding hydrogens is 212 g/mol. The van der Waals surface area contributed by atoms with Gasteiger partial charge in [-0.3, -0.25) is 4.79 Å². The van der Waals surface area contributed by atoms with Crippen molar-refractivity contribution in [2.45, 2.75) is 65.5 Å². The lowest BCUT2D eigenvalue weighted by molar-refractivity contribution is -0.134. The lowest BCUT2D eigenvalue weighted by Crippen LogP contribution is -2.46. The molecule has 2 unspecified atom stereocenters. The van der Waals surface area contributed by atoms with Crippen LogP contribution in [0.3, 0.4) is 0 Å². The minimum Gasteiger partial charge on any atom is -0.342 e. The molecule has 1 aliphatic rings. The molecule has 2 atom stereocenters. The summed E-state index contributed by atoms with van der Waals surface area (Å²) in [6.45, 7) is 9.74. The number of carbonyl (C=O) groups is 1. The first-order valence-corrected chi connectivity index (χ1v) is 6.81. The normalized spacial score (nSPS) is 23.2. The van der Waals surface area contributed by atoms with E-state index in [1.807, 2.05) is 11.9 Å². The first-order chi connectivity index (χ1) is 7.82. The van der Waals surface area contributed by atoms with Crippen LogP contribution < -0.4 is 5.32 Å². The van der Waals surface area contributed by atoms with Crippen LogP contribution in [0.4, 0.5) is 0 Å². The monoisotopic (exact) mass is 240 g/mol. The Morgan fingerprint density at radius 1 is 1.41 bits per heavy atom. The highest BCUT2D eigenvalue weighted by Gasteiger charge is 2.28. The van der Waals surface area contributed by atoms with Crippen molar-refractivity contribution in [3.05, 3.63) is 0 Å². The second-order valence-corrected chi connectivity index (χ2v) is 6.40. The molecular formula is C14H28N2O. The van der Waals surface area contributed by atoms with Crippen LogP contribution in [-0.2, 0) is 4.79 Å². The molecule has 0 saturated carbocycles. The van der Waals surface area contributed by atoms with Crippen molar-refractivity contribution in [2.75, 3.05) is 13.6 Å². The number of rotatable bonds is 3. The predicted octanol–water partition coefficient (Wildman–Crippen LogP) is 2.41. The number of hydrogen-bond donors (Lipinski definition) is 1. The van der Waals surface area contributed by atoms with E-state index in [1.54, 1.807) is 0 Å². The molecule has 100 valence electrons. The summed E-state index contributed by atoms with van der Waals surface area (Å²) < 4.78 is 0. The second kappa shape index (κ2) is 5.85. The third kappa shape index (κ3) is 4.30. The van der Waals surface area contributed by atoms with Gasteiger partial charge in [-0.05, 0) is 31.7 Å². The third-order valence-electron chi connectivity index (χ3n) is 4.06. The summed E-state index contributed by atoms with van der Waals surface area (Å²) in [6, 6.07) is 0.671. The van der Waals surface area contributed by atoms with Crippen LogP contribution in [0.2, 0.25) is 0 Å². The molecule has 0 aromatic carbocycles. The first-order valence-electron chi connectivity index (χ1n) is 6.81. The fraction of sp³-hybridized carbons (Fsp3) is 0.929. The van der Waals surface area contributed by atoms with Gasteiger partial charge in [0, 0.05) is 25.6 Å². The van der Waals surface area contributed by atoms with Gasteiger partial charge in [0.2, 0.25) is 5.91 Å². The van der Waals surface area contributed by atoms with E-state index in [9.17, 15) is 4.79 Å². The van der Waals surface area contributed by atoms with Gasteiger partial charge in [0.1, 0.15) is 0 Å². The molecule has 3 nitrogen and oxygen atoms in total. The molecule has 1 amide bonds. The van der Waals surface area contributed by atoms with Gasteiger partial charge in [-0.1, -0.05) is 27.2 Å². The molecule has 0 aromatic heterocycles. The predicted molar refractivity (Wildman–Crippen MR) is 71.9 cm³/mol. The summed E-state index contributed by atoms with van der Waals surface area (Å²) in [5, 5.41) is 3.44. The lowest BCUT2D eigenvalue weighted by Gasteiger charge is -2.36. The molecule has 1 fully saturated rings. The molecule has 1 saturated heterocycles. The van der Waals surface area contributed by atoms with E-state index in [4.69, 9.17) is 0 Å². The number of nitrogens with one attached hydrogen (secondary N) is 1. The highest BCUT2D eigenvalue weighted by molar-refractivity contribution is 5.77. The van der Waals surface area contributed by atoms with Gasteiger partial charge in [0.15, 0.2) is 0 Å². The fourth-order valence-corrected chi connectivity index (χ4v) is 2.25. The summed E-state index contributed by atoms with van der Waals surface area (Å²) in [4.78, 5) is 14.1. The zero-order valence-corrected chi connectivity index (χ0v) is 12.0. The Morgan fingerprint density at radius 2 is 2.06 bits per heavy atom. The van der Waals surface area contributed by atoms with Crippen LogP contribution in [0.5, 0.6) is 0 Å². The second-order valence-electron chi connectivity index (χ2n) is 6.40. The van der Waals surface area contributed by atoms with Crippen LogP contribution in [-0.4, -0.2) is 36.5 Å². The van der Waals surface area contributed by atoms with Crippen molar-refractivity contribution >= 4 is 5.91 Å². The maximum absolute atomic E-state index is 12.2. The number of nitrogens with zero attached hydrogens (tertiary/aromatic N) is 1. The Morgan fingerprint density at radius 3 is 2.53 bits per heavy atom. The van der Waals surface area contributed by atoms with Crippen LogP contribution in [0.15, 0.2) is 0 Å². The molecule has 1 heterocycles. The maximum Gasteiger partial charge on any atom is 0.224 e. The largest absolute Gasteiger partial charge is 0.342 e. The van der Waals surface area contributed by atoms with Gasteiger partial charge in [-0.2, -0.15) is 0 Å². The van der Waals surface area contributed by atoms with Crippen molar-refractivity contribution in [1.82, 2.24) is 10.2 Å². The molecule has 3 heteroatoms. The van der Waals surface area contributed by atoms with Gasteiger partial charge >= 0.3 is 0 Å². The highest BCUT2D eigenvalue weighted by atomic mass is 16.2. The van der Waals surface area contributed by atoms with Crippen molar-refractivity contribution in [3.63, 3.8) is 0 Å². The maximum atomic E-state index is 12.2. The summed E-state index contributed by atoms with van der Waals surface area (Å²) in [5.74, 6) is 0.270. The Bertz CT molecular complexity index is 251. The molecule has 1 aliphatic heterocycles. The Balaban J connectivity index is 2.46. The Kier molecular flexibility index (Phi) is 4.99. The standard InChI is InChI=1S/C14H28N2O/c1-11(14(2,3)4)16(5)13(17)10-12-8-6-7-9-15-12/h11-12,15H,6-10H2,1-5H3. The zero-order chi connectivity index (χ0) is 13.1. The van der Waals surface area contributed by atoms with Gasteiger partial charge in [0.25, 0.3) is 0 Å². The minimum absolute atomic E-state index is 0.143. The number of piperidine rings is 1. The molecule has 0 aliphatic carbocycles. The van der Waals surface area contributed by atoms with Crippen molar-refractivity contribution in [3.8, 4) is 0 Å². The van der Waals surface area contributed by atoms with Gasteiger partial charge in [-0.25, -0.2) is 0 Å². The SMILES string of the molecule is CC(N(C)C(=O)CC1CCCCN1)C(C)(C)C. The Hall–Kier alpha value is -0.570. The first kappa shape index (κ1) is 14.5. The van der Waals surface area contributed by atoms with Gasteiger partial charge in [-0.15, -0.1) is 0 Å². The van der Waals surface area contributed by atoms with E-state index in [-0.39, 0.29) is 17.4 Å². The third-order valence-corrected chi connectivity index (χ3v) is 4.06. The summed E-state index contributed by atoms with van der Waals surface area (Å²) in [7, 11) is 1.93. The molecule has 0 spiro atoms. The van der Waals surface area contributed by atoms with Crippen LogP contribution in [0, 0.1) is 5.41 Å². The molecule has 0 bridgehead atoms. The van der Waals surface area contributed by atoms with E-state index >= 15 is 0 Å². The molecule has 1 N–H and O–H groups in total. The fourth-order valence-electron chi connectivity index (χ4n) is 2.25. The average Bonchev–Trinajstić information content (AvgIpc) is 2.27. The highest BCUT2D eigenvalue weighted by Crippen LogP contribution is 2.24. The lowest BCUT2D eigenvalue weighted by atomic mass is 9.87. The number of amides is 1. The summed E-state index contributed by atoms with van der Waals surface area (Å²) in [5.41, 5.74) is 0.143. The molecule has 0 aromatic rings. The molecule has 0 radical (unpaired) electrons. The van der Waals surface area contributed by atoms with Gasteiger partial charge in [0.05, 0.1) is 0 Å². The quantitative estimate of drug-likeness (QED) is 0.821. The minimum atomic E-state index is 0.143. The van der Waals surface area contributed by atoms with E-state index in [1.165, 1.54) is 12.8 Å². The van der Waals surface area contributed by atoms with Crippen LogP contribution in [0.25, 0.3) is 0 Å². The topological polar surface area (TPSA) is 32.3 Å². The number of carbonyl (C=O) groups excluding carboxylic acids is 1. The number of hydrogen-bond acceptors (Lipinski definition) is 2. The van der Waals surface area contributed by atoms with E-state index in [0.29, 0.717) is 12.5 Å². The van der Waals surface area contributed by atoms with Crippen molar-refractivity contribution in [2.24, 2.45) is 5.41 Å². The van der Waals surface area contributed by atoms with E-state index in [0.717, 1.165) is 13.0 Å². The Labute approximate surface area is 106 Å². The smallest absolute Gasteiger partial charge is 0.224 e. The average molecular weight is 240 g/mol. The summed E-state index contributed by atoms with van der Waals surface area (Å²) in [6.07, 6.45) is 4.29. The van der Waals surface area contributed by atoms with Crippen molar-refractivity contribution < 1.29 is 4.79 Å². The van der Waals surface area contributed by atoms with E-state index in [2.05, 4.69) is 33.0 Å². The van der Waals surface area contributed by atoms with Crippen LogP contribution >= 0.6 is 0 Å². The van der Waals surface area contributed by atoms with Crippen molar-refractivity contribution in [1.29, 1.82) is 0 Å². The molecule has 17 heavy (non-hydrogen) atoms. The molecule has 1 rings (SSSR count). The van der Waals surface area contributed by atoms with E-state index < -0.39 is 0 Å². The van der Waals surface area contributed by atoms with Gasteiger partial charge < -0.3 is 10.2 Å².